The normalized spacial score (nSPS) is 11.0. The molecule has 3 aromatic rings. The predicted octanol–water partition coefficient (Wildman–Crippen LogP) is 3.56. The number of para-hydroxylation sites is 1. The molecule has 0 saturated carbocycles. The van der Waals surface area contributed by atoms with Crippen molar-refractivity contribution < 1.29 is 14.3 Å². The van der Waals surface area contributed by atoms with Gasteiger partial charge in [0.15, 0.2) is 15.8 Å². The number of methoxy groups -OCH3 is 2. The van der Waals surface area contributed by atoms with Gasteiger partial charge in [0.1, 0.15) is 0 Å². The molecule has 1 heterocycles. The number of thioether (sulfide) groups is 1. The molecule has 3 rings (SSSR count). The Hall–Kier alpha value is -2.58. The summed E-state index contributed by atoms with van der Waals surface area (Å²) in [5.41, 5.74) is 4.26. The van der Waals surface area contributed by atoms with Gasteiger partial charge in [-0.05, 0) is 35.9 Å². The van der Waals surface area contributed by atoms with Crippen molar-refractivity contribution in [3.63, 3.8) is 0 Å². The summed E-state index contributed by atoms with van der Waals surface area (Å²) >= 11 is 2.97. The first-order chi connectivity index (χ1) is 12.7. The highest BCUT2D eigenvalue weighted by Gasteiger charge is 2.07. The third kappa shape index (κ3) is 4.53. The summed E-state index contributed by atoms with van der Waals surface area (Å²) in [4.78, 5) is 16.4. The number of fused-ring (bicyclic) bond motifs is 1. The van der Waals surface area contributed by atoms with Crippen LogP contribution < -0.4 is 14.9 Å². The van der Waals surface area contributed by atoms with E-state index in [0.29, 0.717) is 11.5 Å². The second-order valence-electron chi connectivity index (χ2n) is 5.14. The Labute approximate surface area is 159 Å². The largest absolute Gasteiger partial charge is 0.493 e. The average molecular weight is 387 g/mol. The van der Waals surface area contributed by atoms with Crippen molar-refractivity contribution in [2.45, 2.75) is 4.34 Å². The number of rotatable bonds is 7. The molecule has 0 saturated heterocycles. The predicted molar refractivity (Wildman–Crippen MR) is 106 cm³/mol. The number of carbonyl (C=O) groups is 1. The van der Waals surface area contributed by atoms with Crippen molar-refractivity contribution in [3.05, 3.63) is 48.0 Å². The molecule has 26 heavy (non-hydrogen) atoms. The highest BCUT2D eigenvalue weighted by atomic mass is 32.2. The van der Waals surface area contributed by atoms with Gasteiger partial charge in [0, 0.05) is 0 Å². The third-order valence-corrected chi connectivity index (χ3v) is 5.59. The fraction of sp³-hybridized carbons (Fsp3) is 0.167. The van der Waals surface area contributed by atoms with E-state index in [4.69, 9.17) is 9.47 Å². The van der Waals surface area contributed by atoms with E-state index in [1.807, 2.05) is 30.3 Å². The first-order valence-corrected chi connectivity index (χ1v) is 9.52. The van der Waals surface area contributed by atoms with E-state index in [2.05, 4.69) is 15.5 Å². The number of carbonyl (C=O) groups excluding carboxylic acids is 1. The molecule has 1 aromatic heterocycles. The summed E-state index contributed by atoms with van der Waals surface area (Å²) in [7, 11) is 3.15. The van der Waals surface area contributed by atoms with E-state index >= 15 is 0 Å². The number of thiazole rings is 1. The molecule has 2 aromatic carbocycles. The lowest BCUT2D eigenvalue weighted by Crippen LogP contribution is -2.19. The molecule has 6 nitrogen and oxygen atoms in total. The molecular weight excluding hydrogens is 370 g/mol. The molecule has 0 bridgehead atoms. The van der Waals surface area contributed by atoms with E-state index in [9.17, 15) is 4.79 Å². The molecule has 0 atom stereocenters. The number of nitrogens with zero attached hydrogens (tertiary/aromatic N) is 2. The highest BCUT2D eigenvalue weighted by molar-refractivity contribution is 8.01. The van der Waals surface area contributed by atoms with Crippen LogP contribution in [-0.4, -0.2) is 37.1 Å². The standard InChI is InChI=1S/C18H17N3O3S2/c1-23-14-8-7-12(9-15(14)24-2)10-19-21-17(22)11-25-18-20-13-5-3-4-6-16(13)26-18/h3-10H,11H2,1-2H3,(H,21,22)/b19-10-. The van der Waals surface area contributed by atoms with Crippen LogP contribution in [0.4, 0.5) is 0 Å². The van der Waals surface area contributed by atoms with Gasteiger partial charge in [0.25, 0.3) is 5.91 Å². The molecule has 0 aliphatic heterocycles. The Balaban J connectivity index is 1.52. The minimum absolute atomic E-state index is 0.189. The Morgan fingerprint density at radius 3 is 2.81 bits per heavy atom. The van der Waals surface area contributed by atoms with Gasteiger partial charge in [-0.15, -0.1) is 11.3 Å². The molecular formula is C18H17N3O3S2. The van der Waals surface area contributed by atoms with Gasteiger partial charge in [0.05, 0.1) is 36.4 Å². The Morgan fingerprint density at radius 2 is 2.04 bits per heavy atom. The van der Waals surface area contributed by atoms with E-state index in [1.165, 1.54) is 11.8 Å². The monoisotopic (exact) mass is 387 g/mol. The van der Waals surface area contributed by atoms with Crippen molar-refractivity contribution in [3.8, 4) is 11.5 Å². The zero-order chi connectivity index (χ0) is 18.4. The van der Waals surface area contributed by atoms with Gasteiger partial charge < -0.3 is 9.47 Å². The molecule has 1 N–H and O–H groups in total. The van der Waals surface area contributed by atoms with Crippen molar-refractivity contribution in [2.75, 3.05) is 20.0 Å². The van der Waals surface area contributed by atoms with E-state index in [0.717, 1.165) is 20.1 Å². The van der Waals surface area contributed by atoms with Crippen LogP contribution in [0.2, 0.25) is 0 Å². The molecule has 134 valence electrons. The lowest BCUT2D eigenvalue weighted by molar-refractivity contribution is -0.118. The first-order valence-electron chi connectivity index (χ1n) is 7.72. The van der Waals surface area contributed by atoms with E-state index < -0.39 is 0 Å². The quantitative estimate of drug-likeness (QED) is 0.381. The molecule has 0 radical (unpaired) electrons. The second-order valence-corrected chi connectivity index (χ2v) is 7.40. The van der Waals surface area contributed by atoms with Crippen LogP contribution in [0.1, 0.15) is 5.56 Å². The van der Waals surface area contributed by atoms with Crippen molar-refractivity contribution in [2.24, 2.45) is 5.10 Å². The van der Waals surface area contributed by atoms with Gasteiger partial charge in [0.2, 0.25) is 0 Å². The molecule has 8 heteroatoms. The fourth-order valence-corrected chi connectivity index (χ4v) is 4.05. The molecule has 0 aliphatic carbocycles. The number of hydrogen-bond acceptors (Lipinski definition) is 7. The van der Waals surface area contributed by atoms with Crippen LogP contribution in [0.15, 0.2) is 51.9 Å². The Kier molecular flexibility index (Phi) is 6.08. The van der Waals surface area contributed by atoms with Gasteiger partial charge in [-0.1, -0.05) is 23.9 Å². The zero-order valence-electron chi connectivity index (χ0n) is 14.3. The van der Waals surface area contributed by atoms with Crippen molar-refractivity contribution in [1.29, 1.82) is 0 Å². The van der Waals surface area contributed by atoms with Crippen LogP contribution in [0.3, 0.4) is 0 Å². The van der Waals surface area contributed by atoms with E-state index in [1.54, 1.807) is 43.9 Å². The number of benzene rings is 2. The summed E-state index contributed by atoms with van der Waals surface area (Å²) < 4.78 is 12.4. The number of hydrogen-bond donors (Lipinski definition) is 1. The third-order valence-electron chi connectivity index (χ3n) is 3.41. The van der Waals surface area contributed by atoms with Crippen molar-refractivity contribution in [1.82, 2.24) is 10.4 Å². The molecule has 0 unspecified atom stereocenters. The lowest BCUT2D eigenvalue weighted by atomic mass is 10.2. The number of ether oxygens (including phenoxy) is 2. The summed E-state index contributed by atoms with van der Waals surface area (Å²) in [6, 6.07) is 13.3. The van der Waals surface area contributed by atoms with Gasteiger partial charge in [-0.2, -0.15) is 5.10 Å². The number of hydrazone groups is 1. The molecule has 1 amide bonds. The second kappa shape index (κ2) is 8.68. The van der Waals surface area contributed by atoms with Crippen LogP contribution >= 0.6 is 23.1 Å². The summed E-state index contributed by atoms with van der Waals surface area (Å²) in [6.07, 6.45) is 1.56. The maximum Gasteiger partial charge on any atom is 0.250 e. The fourth-order valence-electron chi connectivity index (χ4n) is 2.18. The zero-order valence-corrected chi connectivity index (χ0v) is 15.9. The Bertz CT molecular complexity index is 907. The highest BCUT2D eigenvalue weighted by Crippen LogP contribution is 2.29. The van der Waals surface area contributed by atoms with E-state index in [-0.39, 0.29) is 11.7 Å². The van der Waals surface area contributed by atoms with Gasteiger partial charge >= 0.3 is 0 Å². The summed E-state index contributed by atoms with van der Waals surface area (Å²) in [5, 5.41) is 3.98. The minimum atomic E-state index is -0.189. The van der Waals surface area contributed by atoms with Gasteiger partial charge in [-0.3, -0.25) is 4.79 Å². The lowest BCUT2D eigenvalue weighted by Gasteiger charge is -2.07. The van der Waals surface area contributed by atoms with Crippen LogP contribution in [0.5, 0.6) is 11.5 Å². The molecule has 0 aliphatic rings. The first kappa shape index (κ1) is 18.2. The maximum absolute atomic E-state index is 11.9. The molecule has 0 spiro atoms. The summed E-state index contributed by atoms with van der Waals surface area (Å²) in [5.74, 6) is 1.31. The Morgan fingerprint density at radius 1 is 1.23 bits per heavy atom. The van der Waals surface area contributed by atoms with Crippen LogP contribution in [0, 0.1) is 0 Å². The van der Waals surface area contributed by atoms with Crippen LogP contribution in [-0.2, 0) is 4.79 Å². The van der Waals surface area contributed by atoms with Crippen molar-refractivity contribution >= 4 is 45.4 Å². The van der Waals surface area contributed by atoms with Gasteiger partial charge in [-0.25, -0.2) is 10.4 Å². The SMILES string of the molecule is COc1ccc(/C=N\NC(=O)CSc2nc3ccccc3s2)cc1OC. The van der Waals surface area contributed by atoms with Crippen LogP contribution in [0.25, 0.3) is 10.2 Å². The minimum Gasteiger partial charge on any atom is -0.493 e. The summed E-state index contributed by atoms with van der Waals surface area (Å²) in [6.45, 7) is 0. The number of nitrogens with one attached hydrogen (secondary N) is 1. The molecule has 0 fully saturated rings. The number of amides is 1. The maximum atomic E-state index is 11.9. The topological polar surface area (TPSA) is 72.8 Å². The number of aromatic nitrogens is 1. The average Bonchev–Trinajstić information content (AvgIpc) is 3.09. The smallest absolute Gasteiger partial charge is 0.250 e.